The summed E-state index contributed by atoms with van der Waals surface area (Å²) in [6.45, 7) is 0. The van der Waals surface area contributed by atoms with Crippen LogP contribution >= 0.6 is 7.82 Å². The molecule has 320 valence electrons. The summed E-state index contributed by atoms with van der Waals surface area (Å²) in [5, 5.41) is 0. The van der Waals surface area contributed by atoms with Gasteiger partial charge in [0.2, 0.25) is 0 Å². The Morgan fingerprint density at radius 3 is 0.758 bits per heavy atom. The molecular weight excluding hydrogens is 815 g/mol. The Kier molecular flexibility index (Phi) is 14.9. The average Bonchev–Trinajstić information content (AvgIpc) is 3.33. The van der Waals surface area contributed by atoms with Crippen molar-refractivity contribution in [2.24, 2.45) is 0 Å². The molecule has 3 atom stereocenters. The summed E-state index contributed by atoms with van der Waals surface area (Å²) in [6.07, 6.45) is -5.36. The summed E-state index contributed by atoms with van der Waals surface area (Å²) in [6, 6.07) is 38.1. The van der Waals surface area contributed by atoms with Crippen molar-refractivity contribution in [1.29, 1.82) is 0 Å². The maximum atomic E-state index is 16.2. The van der Waals surface area contributed by atoms with Gasteiger partial charge in [-0.2, -0.15) is 0 Å². The van der Waals surface area contributed by atoms with Crippen LogP contribution in [0.1, 0.15) is 66.1 Å². The van der Waals surface area contributed by atoms with Crippen molar-refractivity contribution in [3.63, 3.8) is 0 Å². The number of methoxy groups -OCH3 is 6. The van der Waals surface area contributed by atoms with Crippen LogP contribution in [-0.2, 0) is 18.1 Å². The van der Waals surface area contributed by atoms with Crippen molar-refractivity contribution in [3.05, 3.63) is 179 Å². The average molecular weight is 861 g/mol. The fraction of sp³-hybridized carbons (Fsp3) is 0.188. The van der Waals surface area contributed by atoms with Gasteiger partial charge in [0.25, 0.3) is 0 Å². The third-order valence-corrected chi connectivity index (χ3v) is 11.0. The predicted molar refractivity (Wildman–Crippen MR) is 230 cm³/mol. The smallest absolute Gasteiger partial charge is 0.477 e. The van der Waals surface area contributed by atoms with E-state index in [1.165, 1.54) is 79.1 Å². The molecule has 0 bridgehead atoms. The molecule has 0 aliphatic heterocycles. The normalized spacial score (nSPS) is 13.4. The number of phosphoric acid groups is 1. The van der Waals surface area contributed by atoms with Crippen molar-refractivity contribution in [2.45, 2.75) is 18.3 Å². The Hall–Kier alpha value is -6.76. The molecule has 14 heteroatoms. The number of ether oxygens (including phenoxy) is 6. The van der Waals surface area contributed by atoms with Crippen LogP contribution in [0.5, 0.6) is 34.5 Å². The van der Waals surface area contributed by atoms with Gasteiger partial charge in [0.1, 0.15) is 34.5 Å². The van der Waals surface area contributed by atoms with Crippen LogP contribution in [0.2, 0.25) is 0 Å². The molecule has 6 aromatic rings. The summed E-state index contributed by atoms with van der Waals surface area (Å²) in [7, 11) is 3.10. The van der Waals surface area contributed by atoms with E-state index in [1.807, 2.05) is 0 Å². The first kappa shape index (κ1) is 44.8. The minimum atomic E-state index is -5.46. The minimum absolute atomic E-state index is 0.116. The number of rotatable bonds is 21. The molecule has 0 fully saturated rings. The van der Waals surface area contributed by atoms with Crippen LogP contribution < -0.4 is 28.4 Å². The number of hydrogen-bond donors (Lipinski definition) is 0. The summed E-state index contributed by atoms with van der Waals surface area (Å²) in [4.78, 5) is 44.2. The molecule has 0 radical (unpaired) electrons. The number of carbonyl (C=O) groups excluding carboxylic acids is 3. The van der Waals surface area contributed by atoms with Crippen LogP contribution in [0.4, 0.5) is 0 Å². The molecular formula is C48H45O13P. The Balaban J connectivity index is 1.62. The van der Waals surface area contributed by atoms with E-state index in [0.717, 1.165) is 0 Å². The number of benzene rings is 6. The SMILES string of the molecule is COc1cc(OC)cc(C(OP(=O)(OC(C(=O)c2ccccc2)c2cc(OC)cc(OC)c2)OC(C(=O)c2ccccc2)c2cc(OC)cc(OC)c2)C(=O)c2ccccc2)c1. The van der Waals surface area contributed by atoms with Gasteiger partial charge in [0, 0.05) is 34.9 Å². The van der Waals surface area contributed by atoms with E-state index in [2.05, 4.69) is 0 Å². The Morgan fingerprint density at radius 1 is 0.355 bits per heavy atom. The van der Waals surface area contributed by atoms with Gasteiger partial charge in [0.15, 0.2) is 35.7 Å². The Morgan fingerprint density at radius 2 is 0.565 bits per heavy atom. The Labute approximate surface area is 359 Å². The fourth-order valence-electron chi connectivity index (χ4n) is 6.45. The highest BCUT2D eigenvalue weighted by Crippen LogP contribution is 2.60. The lowest BCUT2D eigenvalue weighted by atomic mass is 9.99. The summed E-state index contributed by atoms with van der Waals surface area (Å²) in [5.41, 5.74) is 0.834. The molecule has 0 saturated carbocycles. The van der Waals surface area contributed by atoms with E-state index >= 15 is 4.57 Å². The van der Waals surface area contributed by atoms with Crippen LogP contribution in [0.15, 0.2) is 146 Å². The van der Waals surface area contributed by atoms with Crippen LogP contribution in [0.25, 0.3) is 0 Å². The second kappa shape index (κ2) is 20.7. The molecule has 13 nitrogen and oxygen atoms in total. The molecule has 0 aliphatic carbocycles. The van der Waals surface area contributed by atoms with Gasteiger partial charge < -0.3 is 28.4 Å². The summed E-state index contributed by atoms with van der Waals surface area (Å²) >= 11 is 0. The zero-order valence-electron chi connectivity index (χ0n) is 34.8. The van der Waals surface area contributed by atoms with E-state index < -0.39 is 43.5 Å². The number of phosphoric ester groups is 1. The number of ketones is 3. The van der Waals surface area contributed by atoms with Crippen LogP contribution in [-0.4, -0.2) is 60.0 Å². The molecule has 0 N–H and O–H groups in total. The fourth-order valence-corrected chi connectivity index (χ4v) is 8.02. The standard InChI is InChI=1S/C48H45O13P/c1-53-37-22-34(23-38(28-37)54-2)46(43(49)31-16-10-7-11-17-31)59-62(52,60-47(44(50)32-18-12-8-13-19-32)35-24-39(55-3)29-40(25-35)56-4)61-48(45(51)33-20-14-9-15-21-33)36-26-41(57-5)30-42(27-36)58-6/h7-30,46-48H,1-6H3. The highest BCUT2D eigenvalue weighted by atomic mass is 31.2. The molecule has 0 spiro atoms. The molecule has 6 rings (SSSR count). The topological polar surface area (TPSA) is 151 Å². The zero-order chi connectivity index (χ0) is 44.2. The molecule has 0 saturated heterocycles. The molecule has 6 aromatic carbocycles. The second-order valence-corrected chi connectivity index (χ2v) is 15.1. The minimum Gasteiger partial charge on any atom is -0.497 e. The number of carbonyl (C=O) groups is 3. The molecule has 62 heavy (non-hydrogen) atoms. The van der Waals surface area contributed by atoms with Gasteiger partial charge in [-0.25, -0.2) is 4.57 Å². The van der Waals surface area contributed by atoms with Gasteiger partial charge in [-0.3, -0.25) is 28.0 Å². The van der Waals surface area contributed by atoms with Crippen molar-refractivity contribution in [3.8, 4) is 34.5 Å². The lowest BCUT2D eigenvalue weighted by Crippen LogP contribution is -2.23. The van der Waals surface area contributed by atoms with Gasteiger partial charge >= 0.3 is 7.82 Å². The lowest BCUT2D eigenvalue weighted by molar-refractivity contribution is 0.0259. The van der Waals surface area contributed by atoms with Gasteiger partial charge in [-0.15, -0.1) is 0 Å². The van der Waals surface area contributed by atoms with E-state index in [9.17, 15) is 14.4 Å². The van der Waals surface area contributed by atoms with E-state index in [4.69, 9.17) is 42.0 Å². The summed E-state index contributed by atoms with van der Waals surface area (Å²) in [5.74, 6) is -0.431. The zero-order valence-corrected chi connectivity index (χ0v) is 35.7. The van der Waals surface area contributed by atoms with Gasteiger partial charge in [-0.1, -0.05) is 91.0 Å². The largest absolute Gasteiger partial charge is 0.497 e. The number of Topliss-reactive ketones (excluding diaryl/α,β-unsaturated/α-hetero) is 3. The third-order valence-electron chi connectivity index (χ3n) is 9.62. The molecule has 0 aromatic heterocycles. The third kappa shape index (κ3) is 10.8. The van der Waals surface area contributed by atoms with Crippen molar-refractivity contribution in [2.75, 3.05) is 42.7 Å². The molecule has 0 heterocycles. The lowest BCUT2D eigenvalue weighted by Gasteiger charge is -2.30. The monoisotopic (exact) mass is 860 g/mol. The Bertz CT molecular complexity index is 2190. The van der Waals surface area contributed by atoms with E-state index in [-0.39, 0.29) is 67.9 Å². The highest BCUT2D eigenvalue weighted by Gasteiger charge is 2.45. The highest BCUT2D eigenvalue weighted by molar-refractivity contribution is 7.48. The van der Waals surface area contributed by atoms with Gasteiger partial charge in [0.05, 0.1) is 42.7 Å². The van der Waals surface area contributed by atoms with Gasteiger partial charge in [-0.05, 0) is 53.1 Å². The van der Waals surface area contributed by atoms with E-state index in [1.54, 1.807) is 109 Å². The van der Waals surface area contributed by atoms with Crippen molar-refractivity contribution in [1.82, 2.24) is 0 Å². The first-order chi connectivity index (χ1) is 30.0. The maximum Gasteiger partial charge on any atom is 0.477 e. The molecule has 0 amide bonds. The van der Waals surface area contributed by atoms with Crippen molar-refractivity contribution >= 4 is 25.2 Å². The quantitative estimate of drug-likeness (QED) is 0.0499. The number of hydrogen-bond acceptors (Lipinski definition) is 13. The second-order valence-electron chi connectivity index (χ2n) is 13.5. The summed E-state index contributed by atoms with van der Waals surface area (Å²) < 4.78 is 68.8. The molecule has 0 aliphatic rings. The maximum absolute atomic E-state index is 16.2. The van der Waals surface area contributed by atoms with Crippen LogP contribution in [0, 0.1) is 0 Å². The first-order valence-corrected chi connectivity index (χ1v) is 20.6. The predicted octanol–water partition coefficient (Wildman–Crippen LogP) is 10.1. The first-order valence-electron chi connectivity index (χ1n) is 19.1. The molecule has 3 unspecified atom stereocenters. The van der Waals surface area contributed by atoms with E-state index in [0.29, 0.717) is 0 Å². The van der Waals surface area contributed by atoms with Crippen molar-refractivity contribution < 1.29 is 60.9 Å². The van der Waals surface area contributed by atoms with Crippen LogP contribution in [0.3, 0.4) is 0 Å².